The molecule has 0 aliphatic rings. The van der Waals surface area contributed by atoms with Crippen LogP contribution in [0.5, 0.6) is 5.75 Å². The van der Waals surface area contributed by atoms with Crippen LogP contribution in [-0.2, 0) is 6.42 Å². The third kappa shape index (κ3) is 2.64. The molecule has 0 amide bonds. The van der Waals surface area contributed by atoms with E-state index in [1.54, 1.807) is 7.11 Å². The molecule has 2 nitrogen and oxygen atoms in total. The SMILES string of the molecule is COc1c(C)cc(Cl)c(C)c1CC(C)N. The summed E-state index contributed by atoms with van der Waals surface area (Å²) in [6.45, 7) is 5.98. The van der Waals surface area contributed by atoms with Gasteiger partial charge in [0, 0.05) is 16.6 Å². The van der Waals surface area contributed by atoms with Crippen molar-refractivity contribution in [1.82, 2.24) is 0 Å². The lowest BCUT2D eigenvalue weighted by Gasteiger charge is -2.17. The number of methoxy groups -OCH3 is 1. The van der Waals surface area contributed by atoms with Gasteiger partial charge in [0.2, 0.25) is 0 Å². The Hall–Kier alpha value is -0.730. The van der Waals surface area contributed by atoms with Gasteiger partial charge < -0.3 is 10.5 Å². The maximum atomic E-state index is 6.14. The summed E-state index contributed by atoms with van der Waals surface area (Å²) in [7, 11) is 1.68. The minimum Gasteiger partial charge on any atom is -0.496 e. The first kappa shape index (κ1) is 12.3. The van der Waals surface area contributed by atoms with E-state index in [1.165, 1.54) is 0 Å². The second kappa shape index (κ2) is 4.86. The van der Waals surface area contributed by atoms with E-state index in [9.17, 15) is 0 Å². The molecule has 15 heavy (non-hydrogen) atoms. The molecule has 1 aromatic rings. The Kier molecular flexibility index (Phi) is 4.00. The minimum absolute atomic E-state index is 0.107. The number of hydrogen-bond donors (Lipinski definition) is 1. The molecule has 1 atom stereocenters. The molecular formula is C12H18ClNO. The third-order valence-corrected chi connectivity index (χ3v) is 2.91. The van der Waals surface area contributed by atoms with Crippen LogP contribution in [0.2, 0.25) is 5.02 Å². The molecule has 0 aliphatic carbocycles. The van der Waals surface area contributed by atoms with Crippen LogP contribution >= 0.6 is 11.6 Å². The number of aryl methyl sites for hydroxylation is 1. The van der Waals surface area contributed by atoms with Gasteiger partial charge in [-0.3, -0.25) is 0 Å². The molecule has 1 unspecified atom stereocenters. The lowest BCUT2D eigenvalue weighted by Crippen LogP contribution is -2.19. The molecule has 0 fully saturated rings. The van der Waals surface area contributed by atoms with Crippen LogP contribution in [0.15, 0.2) is 6.07 Å². The third-order valence-electron chi connectivity index (χ3n) is 2.52. The molecule has 0 radical (unpaired) electrons. The Morgan fingerprint density at radius 3 is 2.53 bits per heavy atom. The topological polar surface area (TPSA) is 35.2 Å². The van der Waals surface area contributed by atoms with Crippen molar-refractivity contribution in [2.45, 2.75) is 33.2 Å². The van der Waals surface area contributed by atoms with Crippen LogP contribution < -0.4 is 10.5 Å². The van der Waals surface area contributed by atoms with Crippen molar-refractivity contribution in [1.29, 1.82) is 0 Å². The van der Waals surface area contributed by atoms with Gasteiger partial charge in [-0.2, -0.15) is 0 Å². The molecule has 2 N–H and O–H groups in total. The standard InChI is InChI=1S/C12H18ClNO/c1-7-5-11(13)9(3)10(6-8(2)14)12(7)15-4/h5,8H,6,14H2,1-4H3. The average Bonchev–Trinajstić information content (AvgIpc) is 2.13. The maximum absolute atomic E-state index is 6.14. The van der Waals surface area contributed by atoms with Gasteiger partial charge in [-0.15, -0.1) is 0 Å². The number of benzene rings is 1. The number of hydrogen-bond acceptors (Lipinski definition) is 2. The number of halogens is 1. The van der Waals surface area contributed by atoms with Crippen LogP contribution in [0, 0.1) is 13.8 Å². The largest absolute Gasteiger partial charge is 0.496 e. The summed E-state index contributed by atoms with van der Waals surface area (Å²) in [5.41, 5.74) is 9.07. The van der Waals surface area contributed by atoms with Crippen molar-refractivity contribution in [2.24, 2.45) is 5.73 Å². The zero-order chi connectivity index (χ0) is 11.6. The molecule has 3 heteroatoms. The maximum Gasteiger partial charge on any atom is 0.125 e. The lowest BCUT2D eigenvalue weighted by atomic mass is 9.98. The Bertz CT molecular complexity index is 361. The highest BCUT2D eigenvalue weighted by Gasteiger charge is 2.14. The van der Waals surface area contributed by atoms with E-state index in [1.807, 2.05) is 26.8 Å². The molecule has 1 aromatic carbocycles. The van der Waals surface area contributed by atoms with Crippen LogP contribution in [0.3, 0.4) is 0 Å². The van der Waals surface area contributed by atoms with E-state index in [2.05, 4.69) is 0 Å². The second-order valence-corrected chi connectivity index (χ2v) is 4.40. The fourth-order valence-corrected chi connectivity index (χ4v) is 2.05. The van der Waals surface area contributed by atoms with Gasteiger partial charge >= 0.3 is 0 Å². The molecule has 0 saturated heterocycles. The number of rotatable bonds is 3. The highest BCUT2D eigenvalue weighted by Crippen LogP contribution is 2.32. The van der Waals surface area contributed by atoms with Gasteiger partial charge in [0.1, 0.15) is 5.75 Å². The van der Waals surface area contributed by atoms with Crippen LogP contribution in [-0.4, -0.2) is 13.2 Å². The molecule has 0 aliphatic heterocycles. The zero-order valence-corrected chi connectivity index (χ0v) is 10.5. The van der Waals surface area contributed by atoms with E-state index < -0.39 is 0 Å². The first-order chi connectivity index (χ1) is 6.97. The molecule has 84 valence electrons. The highest BCUT2D eigenvalue weighted by atomic mass is 35.5. The van der Waals surface area contributed by atoms with Crippen LogP contribution in [0.1, 0.15) is 23.6 Å². The van der Waals surface area contributed by atoms with E-state index >= 15 is 0 Å². The van der Waals surface area contributed by atoms with Gasteiger partial charge in [-0.05, 0) is 44.4 Å². The monoisotopic (exact) mass is 227 g/mol. The Balaban J connectivity index is 3.30. The predicted molar refractivity (Wildman–Crippen MR) is 64.8 cm³/mol. The Labute approximate surface area is 96.4 Å². The first-order valence-electron chi connectivity index (χ1n) is 5.05. The number of ether oxygens (including phenoxy) is 1. The smallest absolute Gasteiger partial charge is 0.125 e. The Morgan fingerprint density at radius 2 is 2.07 bits per heavy atom. The van der Waals surface area contributed by atoms with Crippen molar-refractivity contribution in [3.63, 3.8) is 0 Å². The lowest BCUT2D eigenvalue weighted by molar-refractivity contribution is 0.404. The van der Waals surface area contributed by atoms with Crippen molar-refractivity contribution in [3.05, 3.63) is 27.8 Å². The van der Waals surface area contributed by atoms with Crippen molar-refractivity contribution in [2.75, 3.05) is 7.11 Å². The van der Waals surface area contributed by atoms with Gasteiger partial charge in [-0.1, -0.05) is 11.6 Å². The molecule has 0 bridgehead atoms. The summed E-state index contributed by atoms with van der Waals surface area (Å²) in [5, 5.41) is 0.781. The molecule has 0 spiro atoms. The summed E-state index contributed by atoms with van der Waals surface area (Å²) >= 11 is 6.14. The second-order valence-electron chi connectivity index (χ2n) is 3.99. The predicted octanol–water partition coefficient (Wildman–Crippen LogP) is 2.86. The quantitative estimate of drug-likeness (QED) is 0.862. The van der Waals surface area contributed by atoms with E-state index in [4.69, 9.17) is 22.1 Å². The van der Waals surface area contributed by atoms with Crippen LogP contribution in [0.25, 0.3) is 0 Å². The minimum atomic E-state index is 0.107. The van der Waals surface area contributed by atoms with Crippen molar-refractivity contribution >= 4 is 11.6 Å². The molecular weight excluding hydrogens is 210 g/mol. The molecule has 1 rings (SSSR count). The molecule has 0 aromatic heterocycles. The van der Waals surface area contributed by atoms with Gasteiger partial charge in [0.15, 0.2) is 0 Å². The van der Waals surface area contributed by atoms with Crippen molar-refractivity contribution in [3.8, 4) is 5.75 Å². The van der Waals surface area contributed by atoms with E-state index in [-0.39, 0.29) is 6.04 Å². The first-order valence-corrected chi connectivity index (χ1v) is 5.43. The van der Waals surface area contributed by atoms with Gasteiger partial charge in [-0.25, -0.2) is 0 Å². The average molecular weight is 228 g/mol. The van der Waals surface area contributed by atoms with Gasteiger partial charge in [0.05, 0.1) is 7.11 Å². The normalized spacial score (nSPS) is 12.7. The summed E-state index contributed by atoms with van der Waals surface area (Å²) in [6, 6.07) is 2.04. The zero-order valence-electron chi connectivity index (χ0n) is 9.73. The fraction of sp³-hybridized carbons (Fsp3) is 0.500. The number of nitrogens with two attached hydrogens (primary N) is 1. The summed E-state index contributed by atoms with van der Waals surface area (Å²) in [5.74, 6) is 0.911. The van der Waals surface area contributed by atoms with Crippen molar-refractivity contribution < 1.29 is 4.74 Å². The Morgan fingerprint density at radius 1 is 1.47 bits per heavy atom. The summed E-state index contributed by atoms with van der Waals surface area (Å²) in [4.78, 5) is 0. The molecule has 0 heterocycles. The highest BCUT2D eigenvalue weighted by molar-refractivity contribution is 6.31. The van der Waals surface area contributed by atoms with E-state index in [0.717, 1.165) is 33.9 Å². The fourth-order valence-electron chi connectivity index (χ4n) is 1.77. The molecule has 0 saturated carbocycles. The summed E-state index contributed by atoms with van der Waals surface area (Å²) in [6.07, 6.45) is 0.788. The van der Waals surface area contributed by atoms with Crippen LogP contribution in [0.4, 0.5) is 0 Å². The van der Waals surface area contributed by atoms with E-state index in [0.29, 0.717) is 0 Å². The van der Waals surface area contributed by atoms with Gasteiger partial charge in [0.25, 0.3) is 0 Å². The summed E-state index contributed by atoms with van der Waals surface area (Å²) < 4.78 is 5.40.